The van der Waals surface area contributed by atoms with Gasteiger partial charge in [0.1, 0.15) is 0 Å². The maximum absolute atomic E-state index is 10.6. The molecule has 0 aliphatic heterocycles. The van der Waals surface area contributed by atoms with Crippen molar-refractivity contribution in [2.75, 3.05) is 13.1 Å². The summed E-state index contributed by atoms with van der Waals surface area (Å²) in [6, 6.07) is 11.8. The first-order valence-electron chi connectivity index (χ1n) is 11.4. The third-order valence-electron chi connectivity index (χ3n) is 5.77. The Hall–Kier alpha value is -1.26. The fraction of sp³-hybridized carbons (Fsp3) is 0.520. The largest absolute Gasteiger partial charge is 0.390 e. The highest BCUT2D eigenvalue weighted by molar-refractivity contribution is 6.33. The number of rotatable bonds is 13. The molecule has 1 heterocycles. The minimum atomic E-state index is -0.454. The van der Waals surface area contributed by atoms with Gasteiger partial charge in [-0.2, -0.15) is 0 Å². The number of fused-ring (bicyclic) bond motifs is 3. The first-order chi connectivity index (χ1) is 14.6. The molecular weight excluding hydrogens is 415 g/mol. The van der Waals surface area contributed by atoms with Gasteiger partial charge in [-0.3, -0.25) is 0 Å². The van der Waals surface area contributed by atoms with E-state index in [1.807, 2.05) is 36.4 Å². The van der Waals surface area contributed by atoms with Gasteiger partial charge in [0.2, 0.25) is 0 Å². The molecule has 0 spiro atoms. The Morgan fingerprint density at radius 1 is 0.833 bits per heavy atom. The van der Waals surface area contributed by atoms with Crippen LogP contribution < -0.4 is 5.32 Å². The average Bonchev–Trinajstić information content (AvgIpc) is 3.01. The van der Waals surface area contributed by atoms with Crippen LogP contribution in [0.3, 0.4) is 0 Å². The predicted molar refractivity (Wildman–Crippen MR) is 131 cm³/mol. The van der Waals surface area contributed by atoms with E-state index in [-0.39, 0.29) is 0 Å². The second-order valence-electron chi connectivity index (χ2n) is 8.27. The van der Waals surface area contributed by atoms with Crippen molar-refractivity contribution < 1.29 is 5.11 Å². The van der Waals surface area contributed by atoms with Gasteiger partial charge >= 0.3 is 0 Å². The van der Waals surface area contributed by atoms with Gasteiger partial charge in [0, 0.05) is 38.4 Å². The maximum atomic E-state index is 10.6. The number of nitrogens with zero attached hydrogens (tertiary/aromatic N) is 1. The van der Waals surface area contributed by atoms with Gasteiger partial charge in [-0.1, -0.05) is 75.1 Å². The Morgan fingerprint density at radius 2 is 1.37 bits per heavy atom. The van der Waals surface area contributed by atoms with E-state index in [1.165, 1.54) is 51.4 Å². The van der Waals surface area contributed by atoms with Crippen molar-refractivity contribution in [3.8, 4) is 0 Å². The summed E-state index contributed by atoms with van der Waals surface area (Å²) in [6.07, 6.45) is 10.1. The Balaban J connectivity index is 1.50. The van der Waals surface area contributed by atoms with Crippen LogP contribution in [-0.4, -0.2) is 28.9 Å². The number of hydrogen-bond donors (Lipinski definition) is 2. The van der Waals surface area contributed by atoms with Crippen LogP contribution in [0.15, 0.2) is 36.4 Å². The second kappa shape index (κ2) is 12.0. The lowest BCUT2D eigenvalue weighted by Gasteiger charge is -2.15. The number of benzene rings is 2. The molecule has 0 bridgehead atoms. The van der Waals surface area contributed by atoms with Crippen LogP contribution in [0.4, 0.5) is 0 Å². The molecule has 0 unspecified atom stereocenters. The zero-order chi connectivity index (χ0) is 21.3. The molecule has 2 aromatic carbocycles. The van der Waals surface area contributed by atoms with Gasteiger partial charge in [-0.05, 0) is 49.4 Å². The molecule has 0 aliphatic carbocycles. The van der Waals surface area contributed by atoms with Gasteiger partial charge in [0.05, 0.1) is 12.6 Å². The minimum absolute atomic E-state index is 0.454. The minimum Gasteiger partial charge on any atom is -0.390 e. The second-order valence-corrected chi connectivity index (χ2v) is 9.14. The van der Waals surface area contributed by atoms with Crippen molar-refractivity contribution in [3.63, 3.8) is 0 Å². The highest BCUT2D eigenvalue weighted by atomic mass is 35.5. The summed E-state index contributed by atoms with van der Waals surface area (Å²) in [7, 11) is 0. The van der Waals surface area contributed by atoms with Crippen molar-refractivity contribution in [2.24, 2.45) is 0 Å². The standard InChI is InChI=1S/C25H34Cl2N2O/c1-2-3-4-5-6-7-8-9-14-28-17-21(30)18-29-24-12-10-19(26)15-22(24)23-16-20(27)11-13-25(23)29/h10-13,15-16,21,28,30H,2-9,14,17-18H2,1H3/t21-/m1/s1. The topological polar surface area (TPSA) is 37.2 Å². The molecular formula is C25H34Cl2N2O. The van der Waals surface area contributed by atoms with Gasteiger partial charge in [0.25, 0.3) is 0 Å². The zero-order valence-electron chi connectivity index (χ0n) is 18.0. The lowest BCUT2D eigenvalue weighted by atomic mass is 10.1. The maximum Gasteiger partial charge on any atom is 0.0843 e. The predicted octanol–water partition coefficient (Wildman–Crippen LogP) is 7.19. The molecule has 30 heavy (non-hydrogen) atoms. The van der Waals surface area contributed by atoms with Gasteiger partial charge in [-0.25, -0.2) is 0 Å². The van der Waals surface area contributed by atoms with Crippen molar-refractivity contribution in [1.82, 2.24) is 9.88 Å². The molecule has 164 valence electrons. The van der Waals surface area contributed by atoms with E-state index in [9.17, 15) is 5.11 Å². The summed E-state index contributed by atoms with van der Waals surface area (Å²) in [5.74, 6) is 0. The summed E-state index contributed by atoms with van der Waals surface area (Å²) < 4.78 is 2.17. The normalized spacial score (nSPS) is 12.8. The number of aliphatic hydroxyl groups excluding tert-OH is 1. The fourth-order valence-electron chi connectivity index (χ4n) is 4.17. The summed E-state index contributed by atoms with van der Waals surface area (Å²) in [6.45, 7) is 4.35. The smallest absolute Gasteiger partial charge is 0.0843 e. The first-order valence-corrected chi connectivity index (χ1v) is 12.1. The Bertz CT molecular complexity index is 878. The fourth-order valence-corrected chi connectivity index (χ4v) is 4.52. The van der Waals surface area contributed by atoms with Crippen LogP contribution in [0.5, 0.6) is 0 Å². The summed E-state index contributed by atoms with van der Waals surface area (Å²) in [4.78, 5) is 0. The molecule has 0 amide bonds. The van der Waals surface area contributed by atoms with Gasteiger partial charge < -0.3 is 15.0 Å². The van der Waals surface area contributed by atoms with E-state index >= 15 is 0 Å². The SMILES string of the molecule is CCCCCCCCCCNC[C@@H](O)Cn1c2ccc(Cl)cc2c2cc(Cl)ccc21. The number of aromatic nitrogens is 1. The molecule has 0 saturated carbocycles. The van der Waals surface area contributed by atoms with Crippen LogP contribution in [0, 0.1) is 0 Å². The summed E-state index contributed by atoms with van der Waals surface area (Å²) >= 11 is 12.4. The van der Waals surface area contributed by atoms with Crippen molar-refractivity contribution in [2.45, 2.75) is 70.9 Å². The Morgan fingerprint density at radius 3 is 1.93 bits per heavy atom. The van der Waals surface area contributed by atoms with Crippen LogP contribution in [0.2, 0.25) is 10.0 Å². The molecule has 2 N–H and O–H groups in total. The van der Waals surface area contributed by atoms with Gasteiger partial charge in [-0.15, -0.1) is 0 Å². The van der Waals surface area contributed by atoms with Gasteiger partial charge in [0.15, 0.2) is 0 Å². The van der Waals surface area contributed by atoms with Crippen molar-refractivity contribution >= 4 is 45.0 Å². The van der Waals surface area contributed by atoms with Crippen LogP contribution in [0.25, 0.3) is 21.8 Å². The lowest BCUT2D eigenvalue weighted by Crippen LogP contribution is -2.30. The average molecular weight is 449 g/mol. The third-order valence-corrected chi connectivity index (χ3v) is 6.24. The summed E-state index contributed by atoms with van der Waals surface area (Å²) in [5.41, 5.74) is 2.14. The van der Waals surface area contributed by atoms with E-state index in [4.69, 9.17) is 23.2 Å². The molecule has 0 fully saturated rings. The molecule has 3 nitrogen and oxygen atoms in total. The Kier molecular flexibility index (Phi) is 9.32. The van der Waals surface area contributed by atoms with Crippen LogP contribution in [-0.2, 0) is 6.54 Å². The lowest BCUT2D eigenvalue weighted by molar-refractivity contribution is 0.154. The van der Waals surface area contributed by atoms with Crippen LogP contribution in [0.1, 0.15) is 58.3 Å². The van der Waals surface area contributed by atoms with E-state index < -0.39 is 6.10 Å². The molecule has 5 heteroatoms. The first kappa shape index (κ1) is 23.4. The van der Waals surface area contributed by atoms with Crippen molar-refractivity contribution in [3.05, 3.63) is 46.4 Å². The Labute approximate surface area is 190 Å². The van der Waals surface area contributed by atoms with E-state index in [0.29, 0.717) is 23.1 Å². The number of halogens is 2. The number of aliphatic hydroxyl groups is 1. The number of hydrogen-bond acceptors (Lipinski definition) is 2. The molecule has 0 saturated heterocycles. The highest BCUT2D eigenvalue weighted by Crippen LogP contribution is 2.33. The van der Waals surface area contributed by atoms with Crippen molar-refractivity contribution in [1.29, 1.82) is 0 Å². The quantitative estimate of drug-likeness (QED) is 0.271. The van der Waals surface area contributed by atoms with E-state index in [1.54, 1.807) is 0 Å². The monoisotopic (exact) mass is 448 g/mol. The number of unbranched alkanes of at least 4 members (excludes halogenated alkanes) is 7. The molecule has 1 aromatic heterocycles. The molecule has 1 atom stereocenters. The number of nitrogens with one attached hydrogen (secondary N) is 1. The van der Waals surface area contributed by atoms with E-state index in [0.717, 1.165) is 28.4 Å². The third kappa shape index (κ3) is 6.37. The molecule has 0 radical (unpaired) electrons. The zero-order valence-corrected chi connectivity index (χ0v) is 19.5. The highest BCUT2D eigenvalue weighted by Gasteiger charge is 2.14. The van der Waals surface area contributed by atoms with Crippen LogP contribution >= 0.6 is 23.2 Å². The molecule has 0 aliphatic rings. The molecule has 3 rings (SSSR count). The van der Waals surface area contributed by atoms with E-state index in [2.05, 4.69) is 16.8 Å². The molecule has 3 aromatic rings. The summed E-state index contributed by atoms with van der Waals surface area (Å²) in [5, 5.41) is 17.6.